The summed E-state index contributed by atoms with van der Waals surface area (Å²) in [6, 6.07) is 14.3. The molecule has 0 bridgehead atoms. The lowest BCUT2D eigenvalue weighted by Gasteiger charge is -2.28. The monoisotopic (exact) mass is 620 g/mol. The third-order valence-corrected chi connectivity index (χ3v) is 8.29. The third kappa shape index (κ3) is 8.90. The quantitative estimate of drug-likeness (QED) is 0.211. The van der Waals surface area contributed by atoms with Gasteiger partial charge < -0.3 is 11.5 Å². The molecule has 1 saturated carbocycles. The van der Waals surface area contributed by atoms with Crippen molar-refractivity contribution in [1.82, 2.24) is 30.4 Å². The predicted molar refractivity (Wildman–Crippen MR) is 168 cm³/mol. The van der Waals surface area contributed by atoms with Gasteiger partial charge in [-0.15, -0.1) is 0 Å². The topological polar surface area (TPSA) is 198 Å². The second-order valence-corrected chi connectivity index (χ2v) is 11.7. The van der Waals surface area contributed by atoms with Crippen LogP contribution in [0.15, 0.2) is 60.9 Å². The van der Waals surface area contributed by atoms with Crippen molar-refractivity contribution in [2.75, 3.05) is 0 Å². The van der Waals surface area contributed by atoms with E-state index in [0.717, 1.165) is 48.5 Å². The molecule has 4 aromatic rings. The van der Waals surface area contributed by atoms with Crippen LogP contribution in [0.5, 0.6) is 0 Å². The highest BCUT2D eigenvalue weighted by Crippen LogP contribution is 2.39. The Hall–Kier alpha value is -5.26. The molecule has 46 heavy (non-hydrogen) atoms. The van der Waals surface area contributed by atoms with Gasteiger partial charge in [0.1, 0.15) is 11.6 Å². The Morgan fingerprint density at radius 2 is 1.02 bits per heavy atom. The lowest BCUT2D eigenvalue weighted by Crippen LogP contribution is -2.16. The molecule has 1 aliphatic rings. The second-order valence-electron chi connectivity index (χ2n) is 11.7. The van der Waals surface area contributed by atoms with Gasteiger partial charge in [-0.25, -0.2) is 0 Å². The molecule has 4 aromatic heterocycles. The van der Waals surface area contributed by atoms with Crippen LogP contribution in [0.25, 0.3) is 0 Å². The third-order valence-electron chi connectivity index (χ3n) is 8.29. The van der Waals surface area contributed by atoms with Crippen molar-refractivity contribution in [3.8, 4) is 0 Å². The number of primary amides is 2. The van der Waals surface area contributed by atoms with Crippen LogP contribution in [0, 0.1) is 0 Å². The summed E-state index contributed by atoms with van der Waals surface area (Å²) in [4.78, 5) is 55.6. The fraction of sp³-hybridized carbons (Fsp3) is 0.353. The van der Waals surface area contributed by atoms with E-state index in [0.29, 0.717) is 48.2 Å². The molecule has 0 unspecified atom stereocenters. The highest BCUT2D eigenvalue weighted by molar-refractivity contribution is 5.93. The van der Waals surface area contributed by atoms with Crippen LogP contribution >= 0.6 is 0 Å². The van der Waals surface area contributed by atoms with E-state index in [4.69, 9.17) is 11.5 Å². The number of nitrogens with two attached hydrogens (primary N) is 2. The summed E-state index contributed by atoms with van der Waals surface area (Å²) in [7, 11) is 0. The zero-order valence-electron chi connectivity index (χ0n) is 25.5. The SMILES string of the molecule is NC(=O)c1ccc(CC(=O)CCc2ccc([C@H]3CCC[C@H](c4ccc(CCC(=O)Cc5ccc(C(N)=O)cn5)nn4)C3)nn2)nc1. The fourth-order valence-electron chi connectivity index (χ4n) is 5.63. The predicted octanol–water partition coefficient (Wildman–Crippen LogP) is 3.18. The average molecular weight is 621 g/mol. The molecular formula is C34H36N8O4. The van der Waals surface area contributed by atoms with Gasteiger partial charge in [0.25, 0.3) is 0 Å². The zero-order valence-corrected chi connectivity index (χ0v) is 25.5. The normalized spacial score (nSPS) is 16.1. The molecular weight excluding hydrogens is 584 g/mol. The zero-order chi connectivity index (χ0) is 32.5. The van der Waals surface area contributed by atoms with Crippen molar-refractivity contribution in [1.29, 1.82) is 0 Å². The van der Waals surface area contributed by atoms with E-state index >= 15 is 0 Å². The number of hydrogen-bond donors (Lipinski definition) is 2. The van der Waals surface area contributed by atoms with Crippen LogP contribution in [0.2, 0.25) is 0 Å². The lowest BCUT2D eigenvalue weighted by molar-refractivity contribution is -0.119. The van der Waals surface area contributed by atoms with E-state index in [2.05, 4.69) is 30.4 Å². The van der Waals surface area contributed by atoms with E-state index in [1.54, 1.807) is 24.3 Å². The first-order valence-electron chi connectivity index (χ1n) is 15.4. The van der Waals surface area contributed by atoms with Crippen LogP contribution in [-0.4, -0.2) is 53.7 Å². The summed E-state index contributed by atoms with van der Waals surface area (Å²) >= 11 is 0. The summed E-state index contributed by atoms with van der Waals surface area (Å²) in [6.07, 6.45) is 8.78. The number of ketones is 2. The number of rotatable bonds is 14. The molecule has 2 amide bonds. The Balaban J connectivity index is 1.07. The highest BCUT2D eigenvalue weighted by Gasteiger charge is 2.27. The standard InChI is InChI=1S/C34H36N8O4/c35-33(45)23-4-6-27(37-19-23)17-29(43)12-8-25-10-14-31(41-39-25)21-2-1-3-22(16-21)32-15-11-26(40-42-32)9-13-30(44)18-28-7-5-24(20-38-28)34(36)46/h4-7,10-11,14-15,19-22H,1-3,8-9,12-13,16-18H2,(H2,35,45)(H2,36,46)/t21-,22-/m0/s1. The van der Waals surface area contributed by atoms with Crippen molar-refractivity contribution in [2.24, 2.45) is 11.5 Å². The van der Waals surface area contributed by atoms with Gasteiger partial charge >= 0.3 is 0 Å². The molecule has 0 aromatic carbocycles. The van der Waals surface area contributed by atoms with E-state index in [1.165, 1.54) is 12.4 Å². The van der Waals surface area contributed by atoms with Crippen LogP contribution < -0.4 is 11.5 Å². The maximum absolute atomic E-state index is 12.5. The summed E-state index contributed by atoms with van der Waals surface area (Å²) in [5.74, 6) is -0.509. The first kappa shape index (κ1) is 32.1. The number of carbonyl (C=O) groups is 4. The largest absolute Gasteiger partial charge is 0.366 e. The van der Waals surface area contributed by atoms with Gasteiger partial charge in [-0.2, -0.15) is 20.4 Å². The smallest absolute Gasteiger partial charge is 0.250 e. The lowest BCUT2D eigenvalue weighted by atomic mass is 9.78. The number of hydrogen-bond acceptors (Lipinski definition) is 10. The first-order valence-corrected chi connectivity index (χ1v) is 15.4. The van der Waals surface area contributed by atoms with E-state index < -0.39 is 11.8 Å². The van der Waals surface area contributed by atoms with Crippen molar-refractivity contribution in [3.05, 3.63) is 106 Å². The Labute approximate surface area is 266 Å². The van der Waals surface area contributed by atoms with Gasteiger partial charge in [-0.1, -0.05) is 6.42 Å². The maximum Gasteiger partial charge on any atom is 0.250 e. The highest BCUT2D eigenvalue weighted by atomic mass is 16.1. The summed E-state index contributed by atoms with van der Waals surface area (Å²) in [6.45, 7) is 0. The molecule has 0 radical (unpaired) electrons. The molecule has 4 heterocycles. The minimum atomic E-state index is -0.552. The minimum Gasteiger partial charge on any atom is -0.366 e. The van der Waals surface area contributed by atoms with Crippen molar-refractivity contribution in [2.45, 2.75) is 76.0 Å². The molecule has 5 rings (SSSR count). The van der Waals surface area contributed by atoms with Crippen LogP contribution in [0.3, 0.4) is 0 Å². The summed E-state index contributed by atoms with van der Waals surface area (Å²) in [5.41, 5.74) is 15.7. The summed E-state index contributed by atoms with van der Waals surface area (Å²) < 4.78 is 0. The van der Waals surface area contributed by atoms with Crippen molar-refractivity contribution >= 4 is 23.4 Å². The molecule has 12 heteroatoms. The molecule has 236 valence electrons. The number of carbonyl (C=O) groups excluding carboxylic acids is 4. The van der Waals surface area contributed by atoms with Gasteiger partial charge in [0, 0.05) is 61.3 Å². The second kappa shape index (κ2) is 15.2. The van der Waals surface area contributed by atoms with Crippen LogP contribution in [0.4, 0.5) is 0 Å². The number of pyridine rings is 2. The van der Waals surface area contributed by atoms with Gasteiger partial charge in [0.2, 0.25) is 11.8 Å². The molecule has 0 aliphatic heterocycles. The summed E-state index contributed by atoms with van der Waals surface area (Å²) in [5, 5.41) is 17.8. The Bertz CT molecular complexity index is 1550. The maximum atomic E-state index is 12.5. The average Bonchev–Trinajstić information content (AvgIpc) is 3.07. The van der Waals surface area contributed by atoms with E-state index in [1.807, 2.05) is 24.3 Å². The van der Waals surface area contributed by atoms with Gasteiger partial charge in [-0.05, 0) is 80.6 Å². The number of aromatic nitrogens is 6. The molecule has 12 nitrogen and oxygen atoms in total. The molecule has 1 aliphatic carbocycles. The Morgan fingerprint density at radius 3 is 1.37 bits per heavy atom. The Morgan fingerprint density at radius 1 is 0.587 bits per heavy atom. The fourth-order valence-corrected chi connectivity index (χ4v) is 5.63. The van der Waals surface area contributed by atoms with E-state index in [-0.39, 0.29) is 36.2 Å². The number of nitrogens with zero attached hydrogens (tertiary/aromatic N) is 6. The molecule has 0 spiro atoms. The van der Waals surface area contributed by atoms with Crippen LogP contribution in [0.1, 0.15) is 105 Å². The molecule has 0 saturated heterocycles. The minimum absolute atomic E-state index is 0.0323. The van der Waals surface area contributed by atoms with Gasteiger partial charge in [-0.3, -0.25) is 29.1 Å². The van der Waals surface area contributed by atoms with Gasteiger partial charge in [0.05, 0.1) is 33.9 Å². The first-order chi connectivity index (χ1) is 22.2. The number of Topliss-reactive ketones (excluding diaryl/α,β-unsaturated/α-hetero) is 2. The Kier molecular flexibility index (Phi) is 10.6. The van der Waals surface area contributed by atoms with Gasteiger partial charge in [0.15, 0.2) is 0 Å². The number of amides is 2. The number of aryl methyl sites for hydroxylation is 2. The molecule has 1 fully saturated rings. The van der Waals surface area contributed by atoms with E-state index in [9.17, 15) is 19.2 Å². The molecule has 4 N–H and O–H groups in total. The molecule has 2 atom stereocenters. The van der Waals surface area contributed by atoms with Crippen molar-refractivity contribution in [3.63, 3.8) is 0 Å². The van der Waals surface area contributed by atoms with Crippen molar-refractivity contribution < 1.29 is 19.2 Å². The van der Waals surface area contributed by atoms with Crippen LogP contribution in [-0.2, 0) is 35.3 Å².